The van der Waals surface area contributed by atoms with Crippen LogP contribution in [0, 0.1) is 0 Å². The summed E-state index contributed by atoms with van der Waals surface area (Å²) in [5.41, 5.74) is 0. The first-order valence-electron chi connectivity index (χ1n) is 5.02. The van der Waals surface area contributed by atoms with Crippen molar-refractivity contribution < 1.29 is 26.7 Å². The molecule has 18 heavy (non-hydrogen) atoms. The van der Waals surface area contributed by atoms with Gasteiger partial charge in [-0.3, -0.25) is 0 Å². The molecule has 1 unspecified atom stereocenters. The molecule has 0 aliphatic rings. The average Bonchev–Trinajstić information content (AvgIpc) is 2.71. The molecule has 1 rings (SSSR count). The Balaban J connectivity index is 2.49. The van der Waals surface area contributed by atoms with E-state index in [1.807, 2.05) is 0 Å². The molecule has 0 radical (unpaired) electrons. The summed E-state index contributed by atoms with van der Waals surface area (Å²) in [6.07, 6.45) is -2.32. The standard InChI is InChI=1S/C10H12BrF4NO2/c1-16-7(8-6(11)2-3-18-8)4-17-5-10(14,15)9(12)13/h2-3,7,9,16H,4-5H2,1H3. The summed E-state index contributed by atoms with van der Waals surface area (Å²) >= 11 is 3.20. The predicted molar refractivity (Wildman–Crippen MR) is 60.0 cm³/mol. The molecular weight excluding hydrogens is 322 g/mol. The molecule has 0 amide bonds. The highest BCUT2D eigenvalue weighted by Crippen LogP contribution is 2.26. The predicted octanol–water partition coefficient (Wildman–Crippen LogP) is 3.22. The van der Waals surface area contributed by atoms with E-state index in [0.29, 0.717) is 10.2 Å². The maximum atomic E-state index is 12.6. The third-order valence-electron chi connectivity index (χ3n) is 2.21. The Morgan fingerprint density at radius 2 is 2.17 bits per heavy atom. The number of rotatable bonds is 7. The Hall–Kier alpha value is -0.600. The summed E-state index contributed by atoms with van der Waals surface area (Å²) < 4.78 is 59.3. The first kappa shape index (κ1) is 15.5. The summed E-state index contributed by atoms with van der Waals surface area (Å²) in [7, 11) is 1.58. The van der Waals surface area contributed by atoms with Crippen LogP contribution in [-0.4, -0.2) is 32.6 Å². The first-order valence-corrected chi connectivity index (χ1v) is 5.81. The molecule has 1 heterocycles. The van der Waals surface area contributed by atoms with Gasteiger partial charge in [0, 0.05) is 0 Å². The van der Waals surface area contributed by atoms with Gasteiger partial charge >= 0.3 is 12.3 Å². The molecule has 104 valence electrons. The van der Waals surface area contributed by atoms with Crippen LogP contribution in [0.25, 0.3) is 0 Å². The van der Waals surface area contributed by atoms with Gasteiger partial charge in [-0.15, -0.1) is 0 Å². The van der Waals surface area contributed by atoms with Crippen LogP contribution < -0.4 is 5.32 Å². The summed E-state index contributed by atoms with van der Waals surface area (Å²) in [5, 5.41) is 2.78. The van der Waals surface area contributed by atoms with Gasteiger partial charge in [-0.05, 0) is 29.0 Å². The molecule has 0 aliphatic carbocycles. The van der Waals surface area contributed by atoms with Gasteiger partial charge in [-0.1, -0.05) is 0 Å². The van der Waals surface area contributed by atoms with Crippen LogP contribution in [0.5, 0.6) is 0 Å². The van der Waals surface area contributed by atoms with Crippen LogP contribution in [0.4, 0.5) is 17.6 Å². The van der Waals surface area contributed by atoms with Crippen molar-refractivity contribution >= 4 is 15.9 Å². The van der Waals surface area contributed by atoms with Gasteiger partial charge in [0.15, 0.2) is 0 Å². The third kappa shape index (κ3) is 3.96. The van der Waals surface area contributed by atoms with Gasteiger partial charge in [-0.25, -0.2) is 8.78 Å². The number of likely N-dealkylation sites (N-methyl/N-ethyl adjacent to an activating group) is 1. The summed E-state index contributed by atoms with van der Waals surface area (Å²) in [4.78, 5) is 0. The molecule has 0 aliphatic heterocycles. The van der Waals surface area contributed by atoms with Gasteiger partial charge in [0.05, 0.1) is 23.4 Å². The third-order valence-corrected chi connectivity index (χ3v) is 2.86. The Bertz CT molecular complexity index is 373. The zero-order valence-corrected chi connectivity index (χ0v) is 11.0. The van der Waals surface area contributed by atoms with Crippen molar-refractivity contribution in [1.82, 2.24) is 5.32 Å². The zero-order valence-electron chi connectivity index (χ0n) is 9.43. The molecule has 3 nitrogen and oxygen atoms in total. The van der Waals surface area contributed by atoms with Gasteiger partial charge in [-0.2, -0.15) is 8.78 Å². The van der Waals surface area contributed by atoms with E-state index in [0.717, 1.165) is 0 Å². The van der Waals surface area contributed by atoms with Crippen LogP contribution in [0.1, 0.15) is 11.8 Å². The quantitative estimate of drug-likeness (QED) is 0.778. The fraction of sp³-hybridized carbons (Fsp3) is 0.600. The lowest BCUT2D eigenvalue weighted by molar-refractivity contribution is -0.167. The van der Waals surface area contributed by atoms with Crippen LogP contribution in [0.3, 0.4) is 0 Å². The molecule has 0 saturated heterocycles. The van der Waals surface area contributed by atoms with Gasteiger partial charge < -0.3 is 14.5 Å². The monoisotopic (exact) mass is 333 g/mol. The maximum absolute atomic E-state index is 12.6. The van der Waals surface area contributed by atoms with Crippen molar-refractivity contribution in [2.24, 2.45) is 0 Å². The maximum Gasteiger partial charge on any atom is 0.330 e. The number of furan rings is 1. The lowest BCUT2D eigenvalue weighted by atomic mass is 10.2. The SMILES string of the molecule is CNC(COCC(F)(F)C(F)F)c1occc1Br. The second kappa shape index (κ2) is 6.53. The number of nitrogens with one attached hydrogen (secondary N) is 1. The number of ether oxygens (including phenoxy) is 1. The van der Waals surface area contributed by atoms with Crippen LogP contribution in [0.15, 0.2) is 21.2 Å². The fourth-order valence-corrected chi connectivity index (χ4v) is 1.70. The fourth-order valence-electron chi connectivity index (χ4n) is 1.22. The summed E-state index contributed by atoms with van der Waals surface area (Å²) in [5.74, 6) is -3.68. The van der Waals surface area contributed by atoms with Crippen LogP contribution in [0.2, 0.25) is 0 Å². The Morgan fingerprint density at radius 1 is 1.50 bits per heavy atom. The first-order chi connectivity index (χ1) is 8.38. The highest BCUT2D eigenvalue weighted by Gasteiger charge is 2.41. The topological polar surface area (TPSA) is 34.4 Å². The number of alkyl halides is 4. The lowest BCUT2D eigenvalue weighted by Crippen LogP contribution is -2.34. The highest BCUT2D eigenvalue weighted by molar-refractivity contribution is 9.10. The van der Waals surface area contributed by atoms with E-state index in [4.69, 9.17) is 4.42 Å². The van der Waals surface area contributed by atoms with Crippen molar-refractivity contribution in [3.63, 3.8) is 0 Å². The van der Waals surface area contributed by atoms with Crippen molar-refractivity contribution in [2.75, 3.05) is 20.3 Å². The number of halogens is 5. The minimum atomic E-state index is -4.14. The van der Waals surface area contributed by atoms with Crippen LogP contribution in [-0.2, 0) is 4.74 Å². The van der Waals surface area contributed by atoms with Gasteiger partial charge in [0.1, 0.15) is 12.4 Å². The molecule has 1 atom stereocenters. The molecule has 0 bridgehead atoms. The van der Waals surface area contributed by atoms with Crippen LogP contribution >= 0.6 is 15.9 Å². The molecule has 0 fully saturated rings. The van der Waals surface area contributed by atoms with Gasteiger partial charge in [0.2, 0.25) is 0 Å². The Kier molecular flexibility index (Phi) is 5.61. The van der Waals surface area contributed by atoms with E-state index >= 15 is 0 Å². The second-order valence-electron chi connectivity index (χ2n) is 3.55. The van der Waals surface area contributed by atoms with Crippen molar-refractivity contribution in [1.29, 1.82) is 0 Å². The molecule has 0 saturated carbocycles. The minimum absolute atomic E-state index is 0.203. The van der Waals surface area contributed by atoms with E-state index in [1.54, 1.807) is 13.1 Å². The van der Waals surface area contributed by atoms with Crippen molar-refractivity contribution in [3.8, 4) is 0 Å². The molecule has 0 aromatic carbocycles. The molecule has 1 N–H and O–H groups in total. The van der Waals surface area contributed by atoms with E-state index in [2.05, 4.69) is 26.0 Å². The van der Waals surface area contributed by atoms with E-state index < -0.39 is 25.0 Å². The van der Waals surface area contributed by atoms with E-state index in [-0.39, 0.29) is 6.61 Å². The normalized spacial score (nSPS) is 14.2. The van der Waals surface area contributed by atoms with Gasteiger partial charge in [0.25, 0.3) is 0 Å². The van der Waals surface area contributed by atoms with E-state index in [1.165, 1.54) is 6.26 Å². The molecule has 1 aromatic heterocycles. The molecule has 8 heteroatoms. The zero-order chi connectivity index (χ0) is 13.8. The highest BCUT2D eigenvalue weighted by atomic mass is 79.9. The minimum Gasteiger partial charge on any atom is -0.466 e. The second-order valence-corrected chi connectivity index (χ2v) is 4.41. The smallest absolute Gasteiger partial charge is 0.330 e. The van der Waals surface area contributed by atoms with E-state index in [9.17, 15) is 17.6 Å². The summed E-state index contributed by atoms with van der Waals surface area (Å²) in [6.45, 7) is -1.54. The average molecular weight is 334 g/mol. The Labute approximate surface area is 110 Å². The number of hydrogen-bond acceptors (Lipinski definition) is 3. The largest absolute Gasteiger partial charge is 0.466 e. The lowest BCUT2D eigenvalue weighted by Gasteiger charge is -2.18. The Morgan fingerprint density at radius 3 is 2.61 bits per heavy atom. The molecule has 1 aromatic rings. The van der Waals surface area contributed by atoms with Crippen molar-refractivity contribution in [3.05, 3.63) is 22.6 Å². The summed E-state index contributed by atoms with van der Waals surface area (Å²) in [6, 6.07) is 1.14. The van der Waals surface area contributed by atoms with Crippen molar-refractivity contribution in [2.45, 2.75) is 18.4 Å². The molecule has 0 spiro atoms. The number of hydrogen-bond donors (Lipinski definition) is 1. The molecular formula is C10H12BrF4NO2.